The molecule has 1 saturated carbocycles. The summed E-state index contributed by atoms with van der Waals surface area (Å²) in [7, 11) is 0. The monoisotopic (exact) mass is 269 g/mol. The summed E-state index contributed by atoms with van der Waals surface area (Å²) in [6, 6.07) is 0. The van der Waals surface area contributed by atoms with Crippen molar-refractivity contribution in [2.45, 2.75) is 63.0 Å². The fourth-order valence-corrected chi connectivity index (χ4v) is 5.47. The summed E-state index contributed by atoms with van der Waals surface area (Å²) in [5.41, 5.74) is 7.10. The number of hydrogen-bond acceptors (Lipinski definition) is 3. The second-order valence-electron chi connectivity index (χ2n) is 6.94. The second kappa shape index (κ2) is 4.99. The third-order valence-electron chi connectivity index (χ3n) is 5.58. The maximum absolute atomic E-state index is 6.78. The van der Waals surface area contributed by atoms with Crippen LogP contribution in [-0.2, 0) is 4.74 Å². The second-order valence-corrected chi connectivity index (χ2v) is 8.04. The lowest BCUT2D eigenvalue weighted by Crippen LogP contribution is -2.55. The van der Waals surface area contributed by atoms with E-state index in [0.717, 1.165) is 12.5 Å². The molecule has 3 aliphatic rings. The van der Waals surface area contributed by atoms with Crippen LogP contribution >= 0.6 is 11.8 Å². The van der Waals surface area contributed by atoms with E-state index in [9.17, 15) is 0 Å². The molecule has 0 aromatic carbocycles. The van der Waals surface area contributed by atoms with Gasteiger partial charge in [0.1, 0.15) is 0 Å². The van der Waals surface area contributed by atoms with Crippen molar-refractivity contribution in [3.8, 4) is 0 Å². The maximum atomic E-state index is 6.78. The van der Waals surface area contributed by atoms with Crippen LogP contribution in [-0.4, -0.2) is 29.3 Å². The van der Waals surface area contributed by atoms with Crippen molar-refractivity contribution < 1.29 is 4.74 Å². The van der Waals surface area contributed by atoms with E-state index in [0.29, 0.717) is 5.92 Å². The van der Waals surface area contributed by atoms with Crippen molar-refractivity contribution in [2.24, 2.45) is 17.6 Å². The zero-order valence-electron chi connectivity index (χ0n) is 11.6. The fourth-order valence-electron chi connectivity index (χ4n) is 4.09. The molecule has 1 spiro atoms. The van der Waals surface area contributed by atoms with E-state index in [1.54, 1.807) is 0 Å². The van der Waals surface area contributed by atoms with Crippen LogP contribution in [0.25, 0.3) is 0 Å². The van der Waals surface area contributed by atoms with E-state index in [-0.39, 0.29) is 11.1 Å². The third-order valence-corrected chi connectivity index (χ3v) is 6.80. The third kappa shape index (κ3) is 2.46. The lowest BCUT2D eigenvalue weighted by atomic mass is 9.66. The Bertz CT molecular complexity index is 293. The van der Waals surface area contributed by atoms with Crippen molar-refractivity contribution in [1.82, 2.24) is 0 Å². The number of rotatable bonds is 1. The van der Waals surface area contributed by atoms with Gasteiger partial charge in [0.05, 0.1) is 5.60 Å². The van der Waals surface area contributed by atoms with Crippen LogP contribution in [0.15, 0.2) is 0 Å². The van der Waals surface area contributed by atoms with Crippen molar-refractivity contribution >= 4 is 11.8 Å². The molecule has 0 bridgehead atoms. The van der Waals surface area contributed by atoms with Crippen LogP contribution in [0.3, 0.4) is 0 Å². The lowest BCUT2D eigenvalue weighted by Gasteiger charge is -2.48. The highest BCUT2D eigenvalue weighted by Crippen LogP contribution is 2.46. The Morgan fingerprint density at radius 3 is 2.61 bits per heavy atom. The Hall–Kier alpha value is 0.270. The summed E-state index contributed by atoms with van der Waals surface area (Å²) in [5, 5.41) is 0. The van der Waals surface area contributed by atoms with Crippen LogP contribution < -0.4 is 5.73 Å². The average Bonchev–Trinajstić information content (AvgIpc) is 2.81. The fraction of sp³-hybridized carbons (Fsp3) is 1.00. The first-order valence-corrected chi connectivity index (χ1v) is 8.78. The Morgan fingerprint density at radius 1 is 1.17 bits per heavy atom. The van der Waals surface area contributed by atoms with Gasteiger partial charge in [0, 0.05) is 17.9 Å². The van der Waals surface area contributed by atoms with Crippen molar-refractivity contribution in [3.63, 3.8) is 0 Å². The molecule has 2 saturated heterocycles. The summed E-state index contributed by atoms with van der Waals surface area (Å²) >= 11 is 2.06. The standard InChI is InChI=1S/C15H27NOS/c1-12-2-5-15(16,6-3-12)13-4-8-17-14(10-13)7-9-18-11-14/h12-13H,2-11,16H2,1H3. The molecular weight excluding hydrogens is 242 g/mol. The van der Waals surface area contributed by atoms with E-state index >= 15 is 0 Å². The van der Waals surface area contributed by atoms with Crippen molar-refractivity contribution in [2.75, 3.05) is 18.1 Å². The van der Waals surface area contributed by atoms with Crippen LogP contribution in [0.2, 0.25) is 0 Å². The zero-order valence-corrected chi connectivity index (χ0v) is 12.4. The number of ether oxygens (including phenoxy) is 1. The molecule has 2 nitrogen and oxygen atoms in total. The minimum atomic E-state index is 0.122. The van der Waals surface area contributed by atoms with Gasteiger partial charge in [-0.25, -0.2) is 0 Å². The Kier molecular flexibility index (Phi) is 3.68. The Labute approximate surface area is 115 Å². The molecule has 2 unspecified atom stereocenters. The van der Waals surface area contributed by atoms with Crippen molar-refractivity contribution in [3.05, 3.63) is 0 Å². The van der Waals surface area contributed by atoms with E-state index < -0.39 is 0 Å². The first-order chi connectivity index (χ1) is 8.62. The molecule has 2 heterocycles. The van der Waals surface area contributed by atoms with Crippen LogP contribution in [0.5, 0.6) is 0 Å². The normalized spacial score (nSPS) is 49.7. The molecule has 2 N–H and O–H groups in total. The summed E-state index contributed by atoms with van der Waals surface area (Å²) in [5.74, 6) is 4.08. The van der Waals surface area contributed by atoms with Gasteiger partial charge < -0.3 is 10.5 Å². The first-order valence-electron chi connectivity index (χ1n) is 7.63. The summed E-state index contributed by atoms with van der Waals surface area (Å²) < 4.78 is 6.14. The van der Waals surface area contributed by atoms with Gasteiger partial charge in [0.2, 0.25) is 0 Å². The Balaban J connectivity index is 1.68. The molecule has 0 aromatic rings. The molecule has 3 fully saturated rings. The van der Waals surface area contributed by atoms with E-state index in [4.69, 9.17) is 10.5 Å². The Morgan fingerprint density at radius 2 is 1.94 bits per heavy atom. The summed E-state index contributed by atoms with van der Waals surface area (Å²) in [6.07, 6.45) is 8.80. The highest BCUT2D eigenvalue weighted by molar-refractivity contribution is 7.99. The molecule has 1 aliphatic carbocycles. The van der Waals surface area contributed by atoms with E-state index in [1.807, 2.05) is 0 Å². The van der Waals surface area contributed by atoms with Crippen LogP contribution in [0.4, 0.5) is 0 Å². The molecule has 0 radical (unpaired) electrons. The average molecular weight is 269 g/mol. The maximum Gasteiger partial charge on any atom is 0.0783 e. The highest BCUT2D eigenvalue weighted by Gasteiger charge is 2.47. The quantitative estimate of drug-likeness (QED) is 0.794. The van der Waals surface area contributed by atoms with Gasteiger partial charge in [0.25, 0.3) is 0 Å². The summed E-state index contributed by atoms with van der Waals surface area (Å²) in [6.45, 7) is 3.32. The van der Waals surface area contributed by atoms with Gasteiger partial charge in [-0.2, -0.15) is 11.8 Å². The molecule has 2 atom stereocenters. The minimum absolute atomic E-state index is 0.122. The summed E-state index contributed by atoms with van der Waals surface area (Å²) in [4.78, 5) is 0. The molecule has 104 valence electrons. The van der Waals surface area contributed by atoms with E-state index in [2.05, 4.69) is 18.7 Å². The smallest absolute Gasteiger partial charge is 0.0783 e. The minimum Gasteiger partial charge on any atom is -0.374 e. The number of thioether (sulfide) groups is 1. The van der Waals surface area contributed by atoms with Gasteiger partial charge in [-0.1, -0.05) is 6.92 Å². The predicted molar refractivity (Wildman–Crippen MR) is 77.9 cm³/mol. The molecule has 0 aromatic heterocycles. The molecule has 18 heavy (non-hydrogen) atoms. The number of hydrogen-bond donors (Lipinski definition) is 1. The number of nitrogens with two attached hydrogens (primary N) is 1. The molecule has 3 heteroatoms. The van der Waals surface area contributed by atoms with Gasteiger partial charge in [-0.3, -0.25) is 0 Å². The van der Waals surface area contributed by atoms with Gasteiger partial charge in [0.15, 0.2) is 0 Å². The molecule has 2 aliphatic heterocycles. The zero-order chi connectivity index (χ0) is 12.6. The predicted octanol–water partition coefficient (Wildman–Crippen LogP) is 3.20. The van der Waals surface area contributed by atoms with Crippen LogP contribution in [0, 0.1) is 11.8 Å². The molecule has 0 amide bonds. The highest BCUT2D eigenvalue weighted by atomic mass is 32.2. The topological polar surface area (TPSA) is 35.2 Å². The van der Waals surface area contributed by atoms with Gasteiger partial charge in [-0.15, -0.1) is 0 Å². The first kappa shape index (κ1) is 13.3. The SMILES string of the molecule is CC1CCC(N)(C2CCOC3(CCSC3)C2)CC1. The van der Waals surface area contributed by atoms with Crippen LogP contribution in [0.1, 0.15) is 51.9 Å². The van der Waals surface area contributed by atoms with E-state index in [1.165, 1.54) is 56.5 Å². The lowest BCUT2D eigenvalue weighted by molar-refractivity contribution is -0.0965. The van der Waals surface area contributed by atoms with Crippen molar-refractivity contribution in [1.29, 1.82) is 0 Å². The van der Waals surface area contributed by atoms with Gasteiger partial charge >= 0.3 is 0 Å². The molecule has 3 rings (SSSR count). The molecular formula is C15H27NOS. The van der Waals surface area contributed by atoms with Gasteiger partial charge in [-0.05, 0) is 62.5 Å². The largest absolute Gasteiger partial charge is 0.374 e.